The van der Waals surface area contributed by atoms with Gasteiger partial charge in [0, 0.05) is 0 Å². The van der Waals surface area contributed by atoms with E-state index in [2.05, 4.69) is 13.8 Å². The zero-order valence-electron chi connectivity index (χ0n) is 9.81. The number of rotatable bonds is 1. The standard InChI is InChI=1S/C14H24/c1-11-8-9-14(12(2)10-11)13-6-4-3-5-7-13/h11,13H,3-10H2,1-2H3. The summed E-state index contributed by atoms with van der Waals surface area (Å²) in [5.41, 5.74) is 3.61. The molecule has 0 spiro atoms. The second-order valence-corrected chi connectivity index (χ2v) is 5.49. The van der Waals surface area contributed by atoms with Gasteiger partial charge in [-0.2, -0.15) is 0 Å². The largest absolute Gasteiger partial charge is 0.0736 e. The highest BCUT2D eigenvalue weighted by molar-refractivity contribution is 5.19. The van der Waals surface area contributed by atoms with Crippen LogP contribution in [0, 0.1) is 11.8 Å². The van der Waals surface area contributed by atoms with E-state index in [1.807, 2.05) is 5.57 Å². The fourth-order valence-corrected chi connectivity index (χ4v) is 3.37. The molecule has 1 atom stereocenters. The first-order valence-corrected chi connectivity index (χ1v) is 6.46. The highest BCUT2D eigenvalue weighted by Gasteiger charge is 2.23. The van der Waals surface area contributed by atoms with E-state index >= 15 is 0 Å². The molecule has 1 saturated carbocycles. The van der Waals surface area contributed by atoms with Gasteiger partial charge in [0.1, 0.15) is 0 Å². The van der Waals surface area contributed by atoms with Crippen LogP contribution in [0.15, 0.2) is 11.1 Å². The lowest BCUT2D eigenvalue weighted by Gasteiger charge is -2.31. The van der Waals surface area contributed by atoms with Crippen molar-refractivity contribution in [3.8, 4) is 0 Å². The van der Waals surface area contributed by atoms with Crippen LogP contribution in [-0.4, -0.2) is 0 Å². The lowest BCUT2D eigenvalue weighted by molar-refractivity contribution is 0.369. The van der Waals surface area contributed by atoms with Crippen LogP contribution in [0.1, 0.15) is 65.2 Å². The van der Waals surface area contributed by atoms with E-state index in [0.717, 1.165) is 11.8 Å². The third-order valence-corrected chi connectivity index (χ3v) is 4.21. The zero-order chi connectivity index (χ0) is 9.97. The van der Waals surface area contributed by atoms with E-state index in [4.69, 9.17) is 0 Å². The minimum absolute atomic E-state index is 0.947. The Morgan fingerprint density at radius 2 is 1.71 bits per heavy atom. The normalized spacial score (nSPS) is 30.9. The van der Waals surface area contributed by atoms with E-state index < -0.39 is 0 Å². The Labute approximate surface area is 88.8 Å². The van der Waals surface area contributed by atoms with Gasteiger partial charge in [-0.3, -0.25) is 0 Å². The van der Waals surface area contributed by atoms with Crippen molar-refractivity contribution in [3.63, 3.8) is 0 Å². The Bertz CT molecular complexity index is 218. The van der Waals surface area contributed by atoms with Crippen LogP contribution in [0.25, 0.3) is 0 Å². The van der Waals surface area contributed by atoms with Crippen molar-refractivity contribution >= 4 is 0 Å². The van der Waals surface area contributed by atoms with E-state index in [-0.39, 0.29) is 0 Å². The highest BCUT2D eigenvalue weighted by Crippen LogP contribution is 2.39. The number of allylic oxidation sites excluding steroid dienone is 2. The first-order valence-electron chi connectivity index (χ1n) is 6.46. The van der Waals surface area contributed by atoms with Gasteiger partial charge in [-0.05, 0) is 50.9 Å². The van der Waals surface area contributed by atoms with Crippen LogP contribution < -0.4 is 0 Å². The van der Waals surface area contributed by atoms with E-state index in [0.29, 0.717) is 0 Å². The average molecular weight is 192 g/mol. The molecule has 80 valence electrons. The second-order valence-electron chi connectivity index (χ2n) is 5.49. The second kappa shape index (κ2) is 4.51. The number of hydrogen-bond donors (Lipinski definition) is 0. The molecule has 0 bridgehead atoms. The summed E-state index contributed by atoms with van der Waals surface area (Å²) in [4.78, 5) is 0. The molecular formula is C14H24. The molecule has 0 saturated heterocycles. The van der Waals surface area contributed by atoms with Crippen molar-refractivity contribution in [3.05, 3.63) is 11.1 Å². The quantitative estimate of drug-likeness (QED) is 0.528. The Hall–Kier alpha value is -0.260. The fraction of sp³-hybridized carbons (Fsp3) is 0.857. The van der Waals surface area contributed by atoms with Crippen LogP contribution in [-0.2, 0) is 0 Å². The lowest BCUT2D eigenvalue weighted by Crippen LogP contribution is -2.15. The zero-order valence-corrected chi connectivity index (χ0v) is 9.81. The summed E-state index contributed by atoms with van der Waals surface area (Å²) in [6, 6.07) is 0. The van der Waals surface area contributed by atoms with E-state index in [9.17, 15) is 0 Å². The van der Waals surface area contributed by atoms with Gasteiger partial charge in [-0.1, -0.05) is 37.3 Å². The summed E-state index contributed by atoms with van der Waals surface area (Å²) in [6.45, 7) is 4.79. The van der Waals surface area contributed by atoms with Crippen LogP contribution in [0.5, 0.6) is 0 Å². The molecule has 1 unspecified atom stereocenters. The third kappa shape index (κ3) is 2.21. The topological polar surface area (TPSA) is 0 Å². The van der Waals surface area contributed by atoms with Crippen molar-refractivity contribution in [1.29, 1.82) is 0 Å². The summed E-state index contributed by atoms with van der Waals surface area (Å²) in [6.07, 6.45) is 11.7. The molecule has 1 fully saturated rings. The summed E-state index contributed by atoms with van der Waals surface area (Å²) in [5.74, 6) is 1.93. The molecule has 0 radical (unpaired) electrons. The predicted molar refractivity (Wildman–Crippen MR) is 62.3 cm³/mol. The third-order valence-electron chi connectivity index (χ3n) is 4.21. The van der Waals surface area contributed by atoms with Gasteiger partial charge in [-0.15, -0.1) is 0 Å². The van der Waals surface area contributed by atoms with Gasteiger partial charge in [0.05, 0.1) is 0 Å². The molecule has 0 amide bonds. The summed E-state index contributed by atoms with van der Waals surface area (Å²) >= 11 is 0. The van der Waals surface area contributed by atoms with Gasteiger partial charge in [0.15, 0.2) is 0 Å². The molecule has 0 N–H and O–H groups in total. The van der Waals surface area contributed by atoms with Crippen LogP contribution in [0.3, 0.4) is 0 Å². The smallest absolute Gasteiger partial charge is 0.0201 e. The maximum atomic E-state index is 2.40. The van der Waals surface area contributed by atoms with E-state index in [1.54, 1.807) is 5.57 Å². The van der Waals surface area contributed by atoms with Gasteiger partial charge >= 0.3 is 0 Å². The number of hydrogen-bond acceptors (Lipinski definition) is 0. The Morgan fingerprint density at radius 1 is 1.00 bits per heavy atom. The lowest BCUT2D eigenvalue weighted by atomic mass is 9.75. The van der Waals surface area contributed by atoms with Crippen LogP contribution in [0.4, 0.5) is 0 Å². The minimum Gasteiger partial charge on any atom is -0.0736 e. The molecule has 2 aliphatic rings. The van der Waals surface area contributed by atoms with Crippen LogP contribution >= 0.6 is 0 Å². The fourth-order valence-electron chi connectivity index (χ4n) is 3.37. The summed E-state index contributed by atoms with van der Waals surface area (Å²) in [7, 11) is 0. The average Bonchev–Trinajstić information content (AvgIpc) is 2.19. The summed E-state index contributed by atoms with van der Waals surface area (Å²) in [5, 5.41) is 0. The van der Waals surface area contributed by atoms with Crippen molar-refractivity contribution in [2.45, 2.75) is 65.2 Å². The van der Waals surface area contributed by atoms with Crippen molar-refractivity contribution in [2.24, 2.45) is 11.8 Å². The maximum absolute atomic E-state index is 2.40. The monoisotopic (exact) mass is 192 g/mol. The molecule has 0 heterocycles. The SMILES string of the molecule is CC1=C(C2CCCCC2)CCC(C)C1. The minimum atomic E-state index is 0.947. The summed E-state index contributed by atoms with van der Waals surface area (Å²) < 4.78 is 0. The van der Waals surface area contributed by atoms with Crippen molar-refractivity contribution < 1.29 is 0 Å². The van der Waals surface area contributed by atoms with Gasteiger partial charge in [0.2, 0.25) is 0 Å². The molecule has 0 nitrogen and oxygen atoms in total. The Kier molecular flexibility index (Phi) is 3.30. The molecule has 0 aromatic carbocycles. The molecular weight excluding hydrogens is 168 g/mol. The highest BCUT2D eigenvalue weighted by atomic mass is 14.3. The van der Waals surface area contributed by atoms with Gasteiger partial charge in [0.25, 0.3) is 0 Å². The molecule has 14 heavy (non-hydrogen) atoms. The molecule has 0 aliphatic heterocycles. The predicted octanol–water partition coefficient (Wildman–Crippen LogP) is 4.70. The molecule has 0 heteroatoms. The van der Waals surface area contributed by atoms with Crippen molar-refractivity contribution in [2.75, 3.05) is 0 Å². The maximum Gasteiger partial charge on any atom is -0.0201 e. The van der Waals surface area contributed by atoms with Crippen LogP contribution in [0.2, 0.25) is 0 Å². The molecule has 2 rings (SSSR count). The Morgan fingerprint density at radius 3 is 2.36 bits per heavy atom. The molecule has 0 aromatic rings. The molecule has 0 aromatic heterocycles. The first kappa shape index (κ1) is 10.3. The van der Waals surface area contributed by atoms with E-state index in [1.165, 1.54) is 51.4 Å². The first-order chi connectivity index (χ1) is 6.77. The van der Waals surface area contributed by atoms with Gasteiger partial charge in [-0.25, -0.2) is 0 Å². The Balaban J connectivity index is 2.04. The van der Waals surface area contributed by atoms with Crippen molar-refractivity contribution in [1.82, 2.24) is 0 Å². The molecule has 2 aliphatic carbocycles. The van der Waals surface area contributed by atoms with Gasteiger partial charge < -0.3 is 0 Å².